The van der Waals surface area contributed by atoms with Crippen LogP contribution in [0.15, 0.2) is 47.0 Å². The second-order valence-electron chi connectivity index (χ2n) is 6.34. The number of hydrogen-bond donors (Lipinski definition) is 1. The van der Waals surface area contributed by atoms with E-state index >= 15 is 0 Å². The first-order valence-corrected chi connectivity index (χ1v) is 9.04. The Morgan fingerprint density at radius 3 is 2.59 bits per heavy atom. The maximum atomic E-state index is 12.4. The number of nitrogens with zero attached hydrogens (tertiary/aromatic N) is 1. The lowest BCUT2D eigenvalue weighted by Gasteiger charge is -2.18. The number of rotatable bonds is 6. The fraction of sp³-hybridized carbons (Fsp3) is 0.238. The van der Waals surface area contributed by atoms with Gasteiger partial charge in [-0.15, -0.1) is 0 Å². The molecule has 4 rings (SSSR count). The van der Waals surface area contributed by atoms with E-state index in [1.165, 1.54) is 0 Å². The van der Waals surface area contributed by atoms with Crippen molar-refractivity contribution in [3.05, 3.63) is 48.2 Å². The third-order valence-corrected chi connectivity index (χ3v) is 4.39. The number of fused-ring (bicyclic) bond motifs is 1. The van der Waals surface area contributed by atoms with Gasteiger partial charge in [0.25, 0.3) is 0 Å². The highest BCUT2D eigenvalue weighted by molar-refractivity contribution is 5.92. The van der Waals surface area contributed by atoms with Crippen LogP contribution in [-0.2, 0) is 11.2 Å². The standard InChI is InChI=1S/C21H20N2O6/c1-25-16-5-3-13(9-19(16)26-2)18-11-15(23-29-18)12-21(24)22-14-4-6-17-20(10-14)28-8-7-27-17/h3-6,9-11H,7-8,12H2,1-2H3,(H,22,24). The van der Waals surface area contributed by atoms with Gasteiger partial charge in [0.15, 0.2) is 28.8 Å². The summed E-state index contributed by atoms with van der Waals surface area (Å²) in [5.74, 6) is 2.81. The first kappa shape index (κ1) is 18.7. The number of carbonyl (C=O) groups is 1. The summed E-state index contributed by atoms with van der Waals surface area (Å²) in [6.45, 7) is 1.01. The van der Waals surface area contributed by atoms with Gasteiger partial charge >= 0.3 is 0 Å². The molecule has 2 aromatic carbocycles. The van der Waals surface area contributed by atoms with Gasteiger partial charge in [0.05, 0.1) is 26.3 Å². The Morgan fingerprint density at radius 1 is 1.00 bits per heavy atom. The molecule has 0 unspecified atom stereocenters. The van der Waals surface area contributed by atoms with Crippen molar-refractivity contribution in [2.24, 2.45) is 0 Å². The summed E-state index contributed by atoms with van der Waals surface area (Å²) in [5.41, 5.74) is 1.92. The lowest BCUT2D eigenvalue weighted by Crippen LogP contribution is -2.17. The highest BCUT2D eigenvalue weighted by Gasteiger charge is 2.15. The molecule has 0 aliphatic carbocycles. The molecule has 29 heavy (non-hydrogen) atoms. The van der Waals surface area contributed by atoms with Crippen molar-refractivity contribution >= 4 is 11.6 Å². The minimum atomic E-state index is -0.214. The van der Waals surface area contributed by atoms with E-state index in [0.717, 1.165) is 5.56 Å². The largest absolute Gasteiger partial charge is 0.493 e. The zero-order valence-electron chi connectivity index (χ0n) is 16.1. The van der Waals surface area contributed by atoms with Gasteiger partial charge in [-0.3, -0.25) is 4.79 Å². The first-order chi connectivity index (χ1) is 14.2. The molecule has 0 spiro atoms. The van der Waals surface area contributed by atoms with Gasteiger partial charge < -0.3 is 28.8 Å². The average Bonchev–Trinajstić information content (AvgIpc) is 3.21. The molecule has 1 N–H and O–H groups in total. The molecule has 0 radical (unpaired) electrons. The monoisotopic (exact) mass is 396 g/mol. The number of ether oxygens (including phenoxy) is 4. The molecular weight excluding hydrogens is 376 g/mol. The molecule has 8 nitrogen and oxygen atoms in total. The molecule has 2 heterocycles. The molecule has 1 aliphatic heterocycles. The summed E-state index contributed by atoms with van der Waals surface area (Å²) in [6, 6.07) is 12.4. The summed E-state index contributed by atoms with van der Waals surface area (Å²) >= 11 is 0. The summed E-state index contributed by atoms with van der Waals surface area (Å²) in [5, 5.41) is 6.82. The number of amides is 1. The van der Waals surface area contributed by atoms with Crippen LogP contribution in [0.3, 0.4) is 0 Å². The molecule has 0 bridgehead atoms. The minimum absolute atomic E-state index is 0.0746. The molecule has 0 atom stereocenters. The van der Waals surface area contributed by atoms with Crippen LogP contribution < -0.4 is 24.3 Å². The third-order valence-electron chi connectivity index (χ3n) is 4.39. The SMILES string of the molecule is COc1ccc(-c2cc(CC(=O)Nc3ccc4c(c3)OCCO4)no2)cc1OC. The van der Waals surface area contributed by atoms with Crippen LogP contribution >= 0.6 is 0 Å². The second kappa shape index (κ2) is 8.14. The summed E-state index contributed by atoms with van der Waals surface area (Å²) < 4.78 is 26.9. The molecule has 1 aliphatic rings. The number of nitrogens with one attached hydrogen (secondary N) is 1. The molecule has 1 aromatic heterocycles. The highest BCUT2D eigenvalue weighted by atomic mass is 16.6. The Labute approximate surface area is 167 Å². The zero-order chi connectivity index (χ0) is 20.2. The average molecular weight is 396 g/mol. The predicted molar refractivity (Wildman–Crippen MR) is 105 cm³/mol. The zero-order valence-corrected chi connectivity index (χ0v) is 16.1. The van der Waals surface area contributed by atoms with Crippen LogP contribution in [0.2, 0.25) is 0 Å². The summed E-state index contributed by atoms with van der Waals surface area (Å²) in [7, 11) is 3.14. The van der Waals surface area contributed by atoms with E-state index in [0.29, 0.717) is 53.4 Å². The molecule has 0 fully saturated rings. The van der Waals surface area contributed by atoms with Gasteiger partial charge in [-0.25, -0.2) is 0 Å². The van der Waals surface area contributed by atoms with Gasteiger partial charge in [0.2, 0.25) is 5.91 Å². The summed E-state index contributed by atoms with van der Waals surface area (Å²) in [4.78, 5) is 12.4. The molecule has 0 saturated carbocycles. The molecule has 1 amide bonds. The smallest absolute Gasteiger partial charge is 0.230 e. The molecule has 8 heteroatoms. The van der Waals surface area contributed by atoms with Crippen molar-refractivity contribution in [3.63, 3.8) is 0 Å². The topological polar surface area (TPSA) is 92.1 Å². The number of aromatic nitrogens is 1. The maximum absolute atomic E-state index is 12.4. The first-order valence-electron chi connectivity index (χ1n) is 9.04. The Balaban J connectivity index is 1.43. The van der Waals surface area contributed by atoms with E-state index in [1.54, 1.807) is 50.6 Å². The molecular formula is C21H20N2O6. The van der Waals surface area contributed by atoms with E-state index in [1.807, 2.05) is 6.07 Å². The van der Waals surface area contributed by atoms with E-state index < -0.39 is 0 Å². The van der Waals surface area contributed by atoms with Crippen molar-refractivity contribution in [2.45, 2.75) is 6.42 Å². The van der Waals surface area contributed by atoms with E-state index in [9.17, 15) is 4.79 Å². The number of hydrogen-bond acceptors (Lipinski definition) is 7. The van der Waals surface area contributed by atoms with E-state index in [4.69, 9.17) is 23.5 Å². The van der Waals surface area contributed by atoms with Gasteiger partial charge in [-0.1, -0.05) is 5.16 Å². The Kier molecular flexibility index (Phi) is 5.24. The summed E-state index contributed by atoms with van der Waals surface area (Å²) in [6.07, 6.45) is 0.0746. The van der Waals surface area contributed by atoms with Crippen LogP contribution in [0, 0.1) is 0 Å². The van der Waals surface area contributed by atoms with Gasteiger partial charge in [-0.05, 0) is 30.3 Å². The van der Waals surface area contributed by atoms with Crippen molar-refractivity contribution in [3.8, 4) is 34.3 Å². The number of methoxy groups -OCH3 is 2. The van der Waals surface area contributed by atoms with Crippen LogP contribution in [-0.4, -0.2) is 38.5 Å². The van der Waals surface area contributed by atoms with Gasteiger partial charge in [-0.2, -0.15) is 0 Å². The van der Waals surface area contributed by atoms with Crippen LogP contribution in [0.1, 0.15) is 5.69 Å². The van der Waals surface area contributed by atoms with Crippen molar-refractivity contribution in [1.82, 2.24) is 5.16 Å². The van der Waals surface area contributed by atoms with Gasteiger partial charge in [0, 0.05) is 23.4 Å². The lowest BCUT2D eigenvalue weighted by atomic mass is 10.1. The Bertz CT molecular complexity index is 1030. The predicted octanol–water partition coefficient (Wildman–Crippen LogP) is 3.31. The second-order valence-corrected chi connectivity index (χ2v) is 6.34. The normalized spacial score (nSPS) is 12.3. The fourth-order valence-electron chi connectivity index (χ4n) is 3.01. The van der Waals surface area contributed by atoms with E-state index in [2.05, 4.69) is 10.5 Å². The molecule has 150 valence electrons. The Hall–Kier alpha value is -3.68. The number of benzene rings is 2. The van der Waals surface area contributed by atoms with E-state index in [-0.39, 0.29) is 12.3 Å². The Morgan fingerprint density at radius 2 is 1.79 bits per heavy atom. The lowest BCUT2D eigenvalue weighted by molar-refractivity contribution is -0.115. The third kappa shape index (κ3) is 4.11. The minimum Gasteiger partial charge on any atom is -0.493 e. The van der Waals surface area contributed by atoms with Gasteiger partial charge in [0.1, 0.15) is 13.2 Å². The van der Waals surface area contributed by atoms with Crippen LogP contribution in [0.5, 0.6) is 23.0 Å². The highest BCUT2D eigenvalue weighted by Crippen LogP contribution is 2.33. The molecule has 0 saturated heterocycles. The molecule has 3 aromatic rings. The van der Waals surface area contributed by atoms with Crippen LogP contribution in [0.25, 0.3) is 11.3 Å². The van der Waals surface area contributed by atoms with Crippen molar-refractivity contribution in [2.75, 3.05) is 32.8 Å². The maximum Gasteiger partial charge on any atom is 0.230 e. The quantitative estimate of drug-likeness (QED) is 0.683. The number of anilines is 1. The fourth-order valence-corrected chi connectivity index (χ4v) is 3.01. The number of carbonyl (C=O) groups excluding carboxylic acids is 1. The van der Waals surface area contributed by atoms with Crippen molar-refractivity contribution < 1.29 is 28.3 Å². The van der Waals surface area contributed by atoms with Crippen LogP contribution in [0.4, 0.5) is 5.69 Å². The van der Waals surface area contributed by atoms with Crippen molar-refractivity contribution in [1.29, 1.82) is 0 Å².